The van der Waals surface area contributed by atoms with Crippen LogP contribution in [-0.4, -0.2) is 0 Å². The maximum absolute atomic E-state index is 4.03. The third-order valence-corrected chi connectivity index (χ3v) is 1.65. The minimum absolute atomic E-state index is 0.0741. The van der Waals surface area contributed by atoms with Crippen LogP contribution in [-0.2, 0) is 0 Å². The van der Waals surface area contributed by atoms with Crippen LogP contribution in [0.4, 0.5) is 0 Å². The topological polar surface area (TPSA) is 0 Å². The highest BCUT2D eigenvalue weighted by Crippen LogP contribution is 2.56. The molecule has 0 nitrogen and oxygen atoms in total. The highest BCUT2D eigenvalue weighted by Gasteiger charge is 1.98. The van der Waals surface area contributed by atoms with Gasteiger partial charge in [0.15, 0.2) is 0 Å². The van der Waals surface area contributed by atoms with Gasteiger partial charge in [0.05, 0.1) is 0 Å². The van der Waals surface area contributed by atoms with Crippen LogP contribution < -0.4 is 0 Å². The average molecular weight is 90.1 g/mol. The van der Waals surface area contributed by atoms with Crippen LogP contribution in [0.3, 0.4) is 0 Å². The molecule has 1 heterocycles. The van der Waals surface area contributed by atoms with Crippen molar-refractivity contribution in [2.24, 2.45) is 0 Å². The third-order valence-electron chi connectivity index (χ3n) is 0.282. The van der Waals surface area contributed by atoms with Crippen molar-refractivity contribution in [1.82, 2.24) is 0 Å². The highest BCUT2D eigenvalue weighted by atomic mass is 32.7. The van der Waals surface area contributed by atoms with Gasteiger partial charge >= 0.3 is 0 Å². The van der Waals surface area contributed by atoms with Crippen LogP contribution >= 0.6 is 19.4 Å². The van der Waals surface area contributed by atoms with Gasteiger partial charge in [-0.05, 0) is 18.8 Å². The Balaban J connectivity index is 2.32. The predicted octanol–water partition coefficient (Wildman–Crippen LogP) is 1.80. The molecule has 0 radical (unpaired) electrons. The summed E-state index contributed by atoms with van der Waals surface area (Å²) >= 11 is 4.03. The monoisotopic (exact) mass is 90.0 g/mol. The molecule has 2 heteroatoms. The first-order valence-electron chi connectivity index (χ1n) is 1.05. The summed E-state index contributed by atoms with van der Waals surface area (Å²) in [4.78, 5) is 0. The number of rotatable bonds is 0. The van der Waals surface area contributed by atoms with Crippen molar-refractivity contribution in [3.63, 3.8) is 0 Å². The van der Waals surface area contributed by atoms with Crippen LogP contribution in [0, 0.1) is 0 Å². The quantitative estimate of drug-likeness (QED) is 0.340. The molecule has 0 spiro atoms. The lowest BCUT2D eigenvalue weighted by atomic mass is 11.3. The molecule has 22 valence electrons. The van der Waals surface area contributed by atoms with Crippen molar-refractivity contribution in [2.45, 2.75) is 0 Å². The maximum Gasteiger partial charge on any atom is -0.00295 e. The van der Waals surface area contributed by atoms with Gasteiger partial charge in [-0.3, -0.25) is 0 Å². The molecule has 0 aromatic heterocycles. The predicted molar refractivity (Wildman–Crippen MR) is 25.0 cm³/mol. The SMILES string of the molecule is SP1C=C1. The van der Waals surface area contributed by atoms with E-state index in [-0.39, 0.29) is 7.12 Å². The van der Waals surface area contributed by atoms with E-state index in [9.17, 15) is 0 Å². The van der Waals surface area contributed by atoms with Crippen LogP contribution in [0.15, 0.2) is 11.6 Å². The number of thiol groups is 1. The second-order valence-corrected chi connectivity index (χ2v) is 3.42. The summed E-state index contributed by atoms with van der Waals surface area (Å²) in [6, 6.07) is 0. The Morgan fingerprint density at radius 2 is 1.75 bits per heavy atom. The number of hydrogen-bond donors (Lipinski definition) is 1. The van der Waals surface area contributed by atoms with E-state index in [4.69, 9.17) is 0 Å². The van der Waals surface area contributed by atoms with Gasteiger partial charge in [-0.15, -0.1) is 12.2 Å². The van der Waals surface area contributed by atoms with E-state index in [1.165, 1.54) is 0 Å². The van der Waals surface area contributed by atoms with Crippen molar-refractivity contribution in [3.05, 3.63) is 11.6 Å². The van der Waals surface area contributed by atoms with Crippen molar-refractivity contribution < 1.29 is 0 Å². The Kier molecular flexibility index (Phi) is 0.503. The van der Waals surface area contributed by atoms with Crippen LogP contribution in [0.5, 0.6) is 0 Å². The first-order valence-corrected chi connectivity index (χ1v) is 3.68. The molecule has 0 saturated heterocycles. The molecule has 0 aromatic carbocycles. The zero-order chi connectivity index (χ0) is 2.99. The van der Waals surface area contributed by atoms with Crippen molar-refractivity contribution in [1.29, 1.82) is 0 Å². The third kappa shape index (κ3) is 0.470. The summed E-state index contributed by atoms with van der Waals surface area (Å²) in [5, 5.41) is 0. The Morgan fingerprint density at radius 3 is 1.75 bits per heavy atom. The summed E-state index contributed by atoms with van der Waals surface area (Å²) in [5.41, 5.74) is 0. The standard InChI is InChI=1S/C2H3PS/c4-3-1-2-3/h1-2,4H. The van der Waals surface area contributed by atoms with Crippen molar-refractivity contribution in [2.75, 3.05) is 0 Å². The van der Waals surface area contributed by atoms with E-state index in [0.717, 1.165) is 0 Å². The summed E-state index contributed by atoms with van der Waals surface area (Å²) in [6.45, 7) is 0. The maximum atomic E-state index is 4.03. The summed E-state index contributed by atoms with van der Waals surface area (Å²) in [6.07, 6.45) is 0. The van der Waals surface area contributed by atoms with E-state index in [0.29, 0.717) is 0 Å². The van der Waals surface area contributed by atoms with Crippen LogP contribution in [0.25, 0.3) is 0 Å². The lowest BCUT2D eigenvalue weighted by molar-refractivity contribution is 2.81. The first kappa shape index (κ1) is 2.74. The molecule has 0 N–H and O–H groups in total. The largest absolute Gasteiger partial charge is 0.143 e. The molecule has 0 amide bonds. The lowest BCUT2D eigenvalue weighted by Crippen LogP contribution is -0.909. The average Bonchev–Trinajstić information content (AvgIpc) is 1.75. The molecule has 4 heavy (non-hydrogen) atoms. The van der Waals surface area contributed by atoms with Crippen LogP contribution in [0.2, 0.25) is 0 Å². The molecule has 0 atom stereocenters. The second kappa shape index (κ2) is 0.734. The summed E-state index contributed by atoms with van der Waals surface area (Å²) in [7, 11) is 0.0741. The Labute approximate surface area is 31.8 Å². The van der Waals surface area contributed by atoms with Crippen molar-refractivity contribution >= 4 is 19.4 Å². The Bertz CT molecular complexity index is 44.0. The smallest absolute Gasteiger partial charge is 0.00295 e. The van der Waals surface area contributed by atoms with E-state index >= 15 is 0 Å². The Hall–Kier alpha value is 0.520. The molecule has 0 bridgehead atoms. The molecule has 1 rings (SSSR count). The van der Waals surface area contributed by atoms with Gasteiger partial charge < -0.3 is 0 Å². The molecule has 1 aliphatic rings. The number of hydrogen-bond acceptors (Lipinski definition) is 1. The summed E-state index contributed by atoms with van der Waals surface area (Å²) < 4.78 is 0. The minimum Gasteiger partial charge on any atom is -0.143 e. The highest BCUT2D eigenvalue weighted by molar-refractivity contribution is 8.50. The molecule has 1 aliphatic heterocycles. The first-order chi connectivity index (χ1) is 1.89. The summed E-state index contributed by atoms with van der Waals surface area (Å²) in [5.74, 6) is 4.19. The molecular weight excluding hydrogens is 87.1 g/mol. The van der Waals surface area contributed by atoms with Crippen LogP contribution in [0.1, 0.15) is 0 Å². The Morgan fingerprint density at radius 1 is 1.50 bits per heavy atom. The fraction of sp³-hybridized carbons (Fsp3) is 0. The van der Waals surface area contributed by atoms with Gasteiger partial charge in [-0.1, -0.05) is 0 Å². The van der Waals surface area contributed by atoms with Gasteiger partial charge in [-0.25, -0.2) is 0 Å². The van der Waals surface area contributed by atoms with Gasteiger partial charge in [-0.2, -0.15) is 0 Å². The lowest BCUT2D eigenvalue weighted by Gasteiger charge is -1.59. The van der Waals surface area contributed by atoms with Gasteiger partial charge in [0.1, 0.15) is 0 Å². The van der Waals surface area contributed by atoms with Gasteiger partial charge in [0.25, 0.3) is 0 Å². The van der Waals surface area contributed by atoms with E-state index in [2.05, 4.69) is 23.9 Å². The minimum atomic E-state index is 0.0741. The normalized spacial score (nSPS) is 22.2. The zero-order valence-electron chi connectivity index (χ0n) is 2.05. The molecule has 0 unspecified atom stereocenters. The molecule has 0 saturated carbocycles. The van der Waals surface area contributed by atoms with Crippen molar-refractivity contribution in [3.8, 4) is 0 Å². The van der Waals surface area contributed by atoms with E-state index in [1.54, 1.807) is 0 Å². The van der Waals surface area contributed by atoms with E-state index < -0.39 is 0 Å². The van der Waals surface area contributed by atoms with Gasteiger partial charge in [0.2, 0.25) is 0 Å². The zero-order valence-corrected chi connectivity index (χ0v) is 3.84. The molecule has 0 aliphatic carbocycles. The second-order valence-electron chi connectivity index (χ2n) is 0.678. The molecule has 0 aromatic rings. The molecular formula is C2H3PS. The van der Waals surface area contributed by atoms with Gasteiger partial charge in [0, 0.05) is 0 Å². The molecule has 0 fully saturated rings. The fourth-order valence-corrected chi connectivity index (χ4v) is 0.805. The van der Waals surface area contributed by atoms with E-state index in [1.807, 2.05) is 0 Å². The fourth-order valence-electron chi connectivity index (χ4n) is 0.0298.